The van der Waals surface area contributed by atoms with Gasteiger partial charge in [0.1, 0.15) is 10.5 Å². The molecule has 0 fully saturated rings. The van der Waals surface area contributed by atoms with Gasteiger partial charge in [0.05, 0.1) is 6.42 Å². The van der Waals surface area contributed by atoms with Crippen molar-refractivity contribution in [3.05, 3.63) is 45.7 Å². The molecule has 0 spiro atoms. The predicted molar refractivity (Wildman–Crippen MR) is 68.4 cm³/mol. The first-order chi connectivity index (χ1) is 8.20. The van der Waals surface area contributed by atoms with Crippen molar-refractivity contribution in [1.29, 1.82) is 0 Å². The van der Waals surface area contributed by atoms with E-state index < -0.39 is 0 Å². The SMILES string of the molecule is Cc1ccc2oc(Cc3nc(C)cs3)nc2c1. The van der Waals surface area contributed by atoms with Gasteiger partial charge in [-0.1, -0.05) is 6.07 Å². The third-order valence-electron chi connectivity index (χ3n) is 2.56. The van der Waals surface area contributed by atoms with E-state index in [4.69, 9.17) is 4.42 Å². The van der Waals surface area contributed by atoms with E-state index >= 15 is 0 Å². The molecule has 0 atom stereocenters. The number of fused-ring (bicyclic) bond motifs is 1. The minimum atomic E-state index is 0.673. The van der Waals surface area contributed by atoms with Crippen molar-refractivity contribution in [2.24, 2.45) is 0 Å². The molecule has 0 saturated heterocycles. The van der Waals surface area contributed by atoms with Gasteiger partial charge in [-0.15, -0.1) is 11.3 Å². The van der Waals surface area contributed by atoms with Crippen LogP contribution in [0.15, 0.2) is 28.0 Å². The first-order valence-electron chi connectivity index (χ1n) is 5.48. The summed E-state index contributed by atoms with van der Waals surface area (Å²) >= 11 is 1.65. The van der Waals surface area contributed by atoms with E-state index in [0.717, 1.165) is 27.7 Å². The van der Waals surface area contributed by atoms with E-state index in [0.29, 0.717) is 6.42 Å². The molecule has 0 bridgehead atoms. The third-order valence-corrected chi connectivity index (χ3v) is 3.52. The van der Waals surface area contributed by atoms with Crippen molar-refractivity contribution >= 4 is 22.4 Å². The highest BCUT2D eigenvalue weighted by molar-refractivity contribution is 7.09. The monoisotopic (exact) mass is 244 g/mol. The number of hydrogen-bond donors (Lipinski definition) is 0. The lowest BCUT2D eigenvalue weighted by Crippen LogP contribution is -1.86. The van der Waals surface area contributed by atoms with Gasteiger partial charge in [0.15, 0.2) is 5.58 Å². The van der Waals surface area contributed by atoms with Crippen LogP contribution in [0.4, 0.5) is 0 Å². The van der Waals surface area contributed by atoms with Crippen LogP contribution in [0.3, 0.4) is 0 Å². The second-order valence-corrected chi connectivity index (χ2v) is 5.08. The molecule has 0 N–H and O–H groups in total. The quantitative estimate of drug-likeness (QED) is 0.692. The highest BCUT2D eigenvalue weighted by atomic mass is 32.1. The molecule has 0 amide bonds. The van der Waals surface area contributed by atoms with Crippen LogP contribution in [0, 0.1) is 13.8 Å². The van der Waals surface area contributed by atoms with Gasteiger partial charge < -0.3 is 4.42 Å². The second-order valence-electron chi connectivity index (χ2n) is 4.14. The molecule has 4 heteroatoms. The van der Waals surface area contributed by atoms with E-state index in [-0.39, 0.29) is 0 Å². The van der Waals surface area contributed by atoms with Gasteiger partial charge in [-0.25, -0.2) is 9.97 Å². The fraction of sp³-hybridized carbons (Fsp3) is 0.231. The van der Waals surface area contributed by atoms with Gasteiger partial charge >= 0.3 is 0 Å². The Hall–Kier alpha value is -1.68. The van der Waals surface area contributed by atoms with Crippen molar-refractivity contribution in [2.75, 3.05) is 0 Å². The van der Waals surface area contributed by atoms with Crippen LogP contribution in [0.5, 0.6) is 0 Å². The summed E-state index contributed by atoms with van der Waals surface area (Å²) in [4.78, 5) is 8.89. The summed E-state index contributed by atoms with van der Waals surface area (Å²) in [6.45, 7) is 4.05. The Morgan fingerprint density at radius 2 is 2.12 bits per heavy atom. The van der Waals surface area contributed by atoms with Crippen molar-refractivity contribution in [3.63, 3.8) is 0 Å². The highest BCUT2D eigenvalue weighted by Gasteiger charge is 2.08. The largest absolute Gasteiger partial charge is 0.440 e. The second kappa shape index (κ2) is 3.96. The molecule has 3 aromatic rings. The maximum absolute atomic E-state index is 5.69. The average Bonchev–Trinajstić information content (AvgIpc) is 2.84. The Bertz CT molecular complexity index is 669. The van der Waals surface area contributed by atoms with E-state index in [9.17, 15) is 0 Å². The number of oxazole rings is 1. The molecular formula is C13H12N2OS. The molecule has 0 unspecified atom stereocenters. The summed E-state index contributed by atoms with van der Waals surface area (Å²) < 4.78 is 5.69. The fourth-order valence-corrected chi connectivity index (χ4v) is 2.54. The smallest absolute Gasteiger partial charge is 0.202 e. The zero-order valence-corrected chi connectivity index (χ0v) is 10.5. The van der Waals surface area contributed by atoms with Gasteiger partial charge in [0.25, 0.3) is 0 Å². The van der Waals surface area contributed by atoms with Crippen LogP contribution >= 0.6 is 11.3 Å². The number of nitrogens with zero attached hydrogens (tertiary/aromatic N) is 2. The molecule has 2 aromatic heterocycles. The van der Waals surface area contributed by atoms with Gasteiger partial charge in [-0.05, 0) is 31.5 Å². The van der Waals surface area contributed by atoms with Gasteiger partial charge in [0, 0.05) is 11.1 Å². The summed E-state index contributed by atoms with van der Waals surface area (Å²) in [6, 6.07) is 6.04. The van der Waals surface area contributed by atoms with Crippen LogP contribution in [0.25, 0.3) is 11.1 Å². The topological polar surface area (TPSA) is 38.9 Å². The maximum atomic E-state index is 5.69. The Morgan fingerprint density at radius 1 is 1.24 bits per heavy atom. The molecule has 17 heavy (non-hydrogen) atoms. The van der Waals surface area contributed by atoms with Gasteiger partial charge in [-0.2, -0.15) is 0 Å². The van der Waals surface area contributed by atoms with Crippen molar-refractivity contribution in [3.8, 4) is 0 Å². The average molecular weight is 244 g/mol. The number of aryl methyl sites for hydroxylation is 2. The first kappa shape index (κ1) is 10.5. The minimum absolute atomic E-state index is 0.673. The molecule has 0 aliphatic carbocycles. The molecule has 3 nitrogen and oxygen atoms in total. The van der Waals surface area contributed by atoms with E-state index in [1.54, 1.807) is 11.3 Å². The third kappa shape index (κ3) is 2.08. The van der Waals surface area contributed by atoms with E-state index in [1.165, 1.54) is 5.56 Å². The zero-order valence-electron chi connectivity index (χ0n) is 9.73. The Kier molecular flexibility index (Phi) is 2.44. The molecule has 2 heterocycles. The number of aromatic nitrogens is 2. The number of thiazole rings is 1. The summed E-state index contributed by atoms with van der Waals surface area (Å²) in [5.41, 5.74) is 4.02. The molecule has 86 valence electrons. The lowest BCUT2D eigenvalue weighted by molar-refractivity contribution is 0.543. The standard InChI is InChI=1S/C13H12N2OS/c1-8-3-4-11-10(5-8)15-12(16-11)6-13-14-9(2)7-17-13/h3-5,7H,6H2,1-2H3. The van der Waals surface area contributed by atoms with E-state index in [1.807, 2.05) is 30.5 Å². The van der Waals surface area contributed by atoms with Crippen LogP contribution in [-0.4, -0.2) is 9.97 Å². The number of hydrogen-bond acceptors (Lipinski definition) is 4. The molecule has 0 aliphatic heterocycles. The highest BCUT2D eigenvalue weighted by Crippen LogP contribution is 2.20. The lowest BCUT2D eigenvalue weighted by Gasteiger charge is -1.88. The molecule has 0 radical (unpaired) electrons. The van der Waals surface area contributed by atoms with Crippen LogP contribution < -0.4 is 0 Å². The zero-order chi connectivity index (χ0) is 11.8. The van der Waals surface area contributed by atoms with Crippen LogP contribution in [-0.2, 0) is 6.42 Å². The summed E-state index contributed by atoms with van der Waals surface area (Å²) in [7, 11) is 0. The first-order valence-corrected chi connectivity index (χ1v) is 6.36. The summed E-state index contributed by atoms with van der Waals surface area (Å²) in [5, 5.41) is 3.09. The van der Waals surface area contributed by atoms with Gasteiger partial charge in [-0.3, -0.25) is 0 Å². The predicted octanol–water partition coefficient (Wildman–Crippen LogP) is 3.49. The van der Waals surface area contributed by atoms with Crippen molar-refractivity contribution in [1.82, 2.24) is 9.97 Å². The summed E-state index contributed by atoms with van der Waals surface area (Å²) in [5.74, 6) is 0.736. The van der Waals surface area contributed by atoms with Crippen molar-refractivity contribution < 1.29 is 4.42 Å². The Labute approximate surface area is 103 Å². The van der Waals surface area contributed by atoms with Crippen LogP contribution in [0.2, 0.25) is 0 Å². The van der Waals surface area contributed by atoms with E-state index in [2.05, 4.69) is 16.9 Å². The normalized spacial score (nSPS) is 11.2. The molecule has 0 aliphatic rings. The lowest BCUT2D eigenvalue weighted by atomic mass is 10.2. The molecule has 1 aromatic carbocycles. The van der Waals surface area contributed by atoms with Crippen molar-refractivity contribution in [2.45, 2.75) is 20.3 Å². The fourth-order valence-electron chi connectivity index (χ4n) is 1.77. The van der Waals surface area contributed by atoms with Crippen LogP contribution in [0.1, 0.15) is 22.2 Å². The number of benzene rings is 1. The summed E-state index contributed by atoms with van der Waals surface area (Å²) in [6.07, 6.45) is 0.673. The molecule has 0 saturated carbocycles. The molecule has 3 rings (SSSR count). The Balaban J connectivity index is 1.95. The van der Waals surface area contributed by atoms with Gasteiger partial charge in [0.2, 0.25) is 5.89 Å². The minimum Gasteiger partial charge on any atom is -0.440 e. The number of rotatable bonds is 2. The Morgan fingerprint density at radius 3 is 2.88 bits per heavy atom. The maximum Gasteiger partial charge on any atom is 0.202 e. The molecular weight excluding hydrogens is 232 g/mol.